The van der Waals surface area contributed by atoms with Crippen LogP contribution >= 0.6 is 15.9 Å². The van der Waals surface area contributed by atoms with Crippen molar-refractivity contribution in [3.05, 3.63) is 75.3 Å². The first-order chi connectivity index (χ1) is 14.0. The number of halogens is 1. The molecule has 0 bridgehead atoms. The summed E-state index contributed by atoms with van der Waals surface area (Å²) in [5.41, 5.74) is 2.12. The highest BCUT2D eigenvalue weighted by molar-refractivity contribution is 9.10. The molecule has 0 atom stereocenters. The van der Waals surface area contributed by atoms with Crippen molar-refractivity contribution in [2.45, 2.75) is 0 Å². The van der Waals surface area contributed by atoms with Crippen molar-refractivity contribution in [3.8, 4) is 5.69 Å². The van der Waals surface area contributed by atoms with E-state index in [1.54, 1.807) is 16.7 Å². The molecule has 0 saturated carbocycles. The van der Waals surface area contributed by atoms with Crippen molar-refractivity contribution in [1.29, 1.82) is 0 Å². The summed E-state index contributed by atoms with van der Waals surface area (Å²) >= 11 is 3.40. The van der Waals surface area contributed by atoms with Crippen LogP contribution in [0.25, 0.3) is 5.69 Å². The normalized spacial score (nSPS) is 14.1. The standard InChI is InChI=1S/C19H17BrN6O3/c20-15-3-1-2-14(10-15)19(27)24-8-6-23(7-9-24)17-5-4-16(26(28)29)11-18(17)25-12-21-22-13-25/h1-5,10-13H,6-9H2. The van der Waals surface area contributed by atoms with E-state index in [-0.39, 0.29) is 11.6 Å². The van der Waals surface area contributed by atoms with Gasteiger partial charge in [-0.2, -0.15) is 0 Å². The highest BCUT2D eigenvalue weighted by Crippen LogP contribution is 2.29. The van der Waals surface area contributed by atoms with E-state index in [9.17, 15) is 14.9 Å². The van der Waals surface area contributed by atoms with E-state index in [0.29, 0.717) is 37.4 Å². The Morgan fingerprint density at radius 2 is 1.72 bits per heavy atom. The van der Waals surface area contributed by atoms with Crippen molar-refractivity contribution in [1.82, 2.24) is 19.7 Å². The van der Waals surface area contributed by atoms with E-state index < -0.39 is 4.92 Å². The van der Waals surface area contributed by atoms with E-state index in [0.717, 1.165) is 10.2 Å². The Bertz CT molecular complexity index is 1050. The van der Waals surface area contributed by atoms with Crippen LogP contribution in [-0.2, 0) is 0 Å². The summed E-state index contributed by atoms with van der Waals surface area (Å²) in [7, 11) is 0. The molecular weight excluding hydrogens is 440 g/mol. The number of nitro benzene ring substituents is 1. The van der Waals surface area contributed by atoms with Gasteiger partial charge in [0.25, 0.3) is 11.6 Å². The van der Waals surface area contributed by atoms with Gasteiger partial charge in [-0.15, -0.1) is 10.2 Å². The molecule has 1 aromatic heterocycles. The van der Waals surface area contributed by atoms with Gasteiger partial charge in [-0.3, -0.25) is 19.5 Å². The molecule has 0 N–H and O–H groups in total. The third-order valence-corrected chi connectivity index (χ3v) is 5.34. The summed E-state index contributed by atoms with van der Waals surface area (Å²) in [5, 5.41) is 18.8. The Morgan fingerprint density at radius 1 is 1.00 bits per heavy atom. The highest BCUT2D eigenvalue weighted by atomic mass is 79.9. The summed E-state index contributed by atoms with van der Waals surface area (Å²) in [6.07, 6.45) is 3.02. The molecule has 2 aromatic carbocycles. The number of carbonyl (C=O) groups excluding carboxylic acids is 1. The molecule has 1 amide bonds. The zero-order valence-electron chi connectivity index (χ0n) is 15.3. The van der Waals surface area contributed by atoms with Crippen molar-refractivity contribution in [2.75, 3.05) is 31.1 Å². The second-order valence-electron chi connectivity index (χ2n) is 6.59. The molecule has 1 aliphatic rings. The molecule has 1 aliphatic heterocycles. The summed E-state index contributed by atoms with van der Waals surface area (Å²) in [6, 6.07) is 12.1. The van der Waals surface area contributed by atoms with E-state index in [1.165, 1.54) is 24.8 Å². The number of hydrogen-bond acceptors (Lipinski definition) is 6. The van der Waals surface area contributed by atoms with E-state index in [2.05, 4.69) is 31.0 Å². The number of piperazine rings is 1. The number of nitrogens with zero attached hydrogens (tertiary/aromatic N) is 6. The lowest BCUT2D eigenvalue weighted by Crippen LogP contribution is -2.49. The van der Waals surface area contributed by atoms with Crippen molar-refractivity contribution in [3.63, 3.8) is 0 Å². The number of anilines is 1. The molecule has 3 aromatic rings. The topological polar surface area (TPSA) is 97.4 Å². The van der Waals surface area contributed by atoms with Gasteiger partial charge in [0.1, 0.15) is 12.7 Å². The fourth-order valence-electron chi connectivity index (χ4n) is 3.38. The quantitative estimate of drug-likeness (QED) is 0.442. The molecule has 0 radical (unpaired) electrons. The first-order valence-corrected chi connectivity index (χ1v) is 9.75. The average Bonchev–Trinajstić information content (AvgIpc) is 3.28. The van der Waals surface area contributed by atoms with Crippen molar-refractivity contribution in [2.24, 2.45) is 0 Å². The number of benzene rings is 2. The SMILES string of the molecule is O=C(c1cccc(Br)c1)N1CCN(c2ccc([N+](=O)[O-])cc2-n2cnnc2)CC1. The molecule has 10 heteroatoms. The van der Waals surface area contributed by atoms with Gasteiger partial charge in [-0.1, -0.05) is 22.0 Å². The van der Waals surface area contributed by atoms with E-state index >= 15 is 0 Å². The molecule has 0 unspecified atom stereocenters. The van der Waals surface area contributed by atoms with Crippen LogP contribution in [0.3, 0.4) is 0 Å². The van der Waals surface area contributed by atoms with Crippen LogP contribution in [0.15, 0.2) is 59.6 Å². The van der Waals surface area contributed by atoms with Gasteiger partial charge in [0, 0.05) is 48.3 Å². The Labute approximate surface area is 174 Å². The summed E-state index contributed by atoms with van der Waals surface area (Å²) in [5.74, 6) is -0.00585. The number of nitro groups is 1. The number of hydrogen-bond donors (Lipinski definition) is 0. The minimum absolute atomic E-state index is 0.000850. The fraction of sp³-hybridized carbons (Fsp3) is 0.211. The van der Waals surface area contributed by atoms with Gasteiger partial charge in [-0.05, 0) is 24.3 Å². The van der Waals surface area contributed by atoms with Gasteiger partial charge in [0.2, 0.25) is 0 Å². The van der Waals surface area contributed by atoms with Crippen molar-refractivity contribution < 1.29 is 9.72 Å². The number of non-ortho nitro benzene ring substituents is 1. The van der Waals surface area contributed by atoms with Gasteiger partial charge >= 0.3 is 0 Å². The lowest BCUT2D eigenvalue weighted by molar-refractivity contribution is -0.384. The first-order valence-electron chi connectivity index (χ1n) is 8.96. The Morgan fingerprint density at radius 3 is 2.38 bits per heavy atom. The summed E-state index contributed by atoms with van der Waals surface area (Å²) in [6.45, 7) is 2.35. The maximum Gasteiger partial charge on any atom is 0.271 e. The lowest BCUT2D eigenvalue weighted by atomic mass is 10.1. The van der Waals surface area contributed by atoms with Crippen LogP contribution in [0.1, 0.15) is 10.4 Å². The van der Waals surface area contributed by atoms with E-state index in [4.69, 9.17) is 0 Å². The van der Waals surface area contributed by atoms with Crippen LogP contribution in [0.5, 0.6) is 0 Å². The molecule has 2 heterocycles. The molecular formula is C19H17BrN6O3. The summed E-state index contributed by atoms with van der Waals surface area (Å²) in [4.78, 5) is 27.5. The fourth-order valence-corrected chi connectivity index (χ4v) is 3.78. The van der Waals surface area contributed by atoms with Crippen molar-refractivity contribution >= 4 is 33.2 Å². The Balaban J connectivity index is 1.54. The van der Waals surface area contributed by atoms with Gasteiger partial charge < -0.3 is 9.80 Å². The molecule has 0 spiro atoms. The second-order valence-corrected chi connectivity index (χ2v) is 7.50. The van der Waals surface area contributed by atoms with Gasteiger partial charge in [0.15, 0.2) is 0 Å². The maximum absolute atomic E-state index is 12.8. The number of amides is 1. The van der Waals surface area contributed by atoms with Gasteiger partial charge in [0.05, 0.1) is 16.3 Å². The van der Waals surface area contributed by atoms with E-state index in [1.807, 2.05) is 23.1 Å². The first kappa shape index (κ1) is 19.1. The third kappa shape index (κ3) is 3.97. The molecule has 29 heavy (non-hydrogen) atoms. The lowest BCUT2D eigenvalue weighted by Gasteiger charge is -2.37. The number of carbonyl (C=O) groups is 1. The number of rotatable bonds is 4. The zero-order valence-corrected chi connectivity index (χ0v) is 16.9. The molecule has 9 nitrogen and oxygen atoms in total. The minimum Gasteiger partial charge on any atom is -0.366 e. The Hall–Kier alpha value is -3.27. The monoisotopic (exact) mass is 456 g/mol. The molecule has 1 saturated heterocycles. The largest absolute Gasteiger partial charge is 0.366 e. The van der Waals surface area contributed by atoms with Crippen LogP contribution < -0.4 is 4.90 Å². The summed E-state index contributed by atoms with van der Waals surface area (Å²) < 4.78 is 2.52. The van der Waals surface area contributed by atoms with Crippen LogP contribution in [0.4, 0.5) is 11.4 Å². The molecule has 4 rings (SSSR count). The maximum atomic E-state index is 12.8. The molecule has 148 valence electrons. The van der Waals surface area contributed by atoms with Crippen LogP contribution in [0, 0.1) is 10.1 Å². The highest BCUT2D eigenvalue weighted by Gasteiger charge is 2.25. The zero-order chi connectivity index (χ0) is 20.4. The predicted octanol–water partition coefficient (Wildman–Crippen LogP) is 2.90. The second kappa shape index (κ2) is 8.00. The predicted molar refractivity (Wildman–Crippen MR) is 110 cm³/mol. The molecule has 0 aliphatic carbocycles. The smallest absolute Gasteiger partial charge is 0.271 e. The van der Waals surface area contributed by atoms with Crippen LogP contribution in [0.2, 0.25) is 0 Å². The minimum atomic E-state index is -0.424. The number of aromatic nitrogens is 3. The Kier molecular flexibility index (Phi) is 5.26. The van der Waals surface area contributed by atoms with Crippen LogP contribution in [-0.4, -0.2) is 56.7 Å². The average molecular weight is 457 g/mol. The molecule has 1 fully saturated rings. The van der Waals surface area contributed by atoms with Gasteiger partial charge in [-0.25, -0.2) is 0 Å². The third-order valence-electron chi connectivity index (χ3n) is 4.85.